The molecule has 0 saturated heterocycles. The van der Waals surface area contributed by atoms with Crippen molar-refractivity contribution in [1.82, 2.24) is 0 Å². The quantitative estimate of drug-likeness (QED) is 0.731. The molecule has 0 spiro atoms. The average Bonchev–Trinajstić information content (AvgIpc) is 2.35. The van der Waals surface area contributed by atoms with Gasteiger partial charge in [-0.15, -0.1) is 0 Å². The highest BCUT2D eigenvalue weighted by Crippen LogP contribution is 2.28. The molecule has 0 amide bonds. The molecule has 0 unspecified atom stereocenters. The summed E-state index contributed by atoms with van der Waals surface area (Å²) < 4.78 is 5.33. The van der Waals surface area contributed by atoms with Crippen molar-refractivity contribution >= 4 is 17.1 Å². The summed E-state index contributed by atoms with van der Waals surface area (Å²) in [4.78, 5) is 10.5. The molecule has 0 aliphatic carbocycles. The maximum atomic E-state index is 10.5. The highest BCUT2D eigenvalue weighted by molar-refractivity contribution is 5.88. The van der Waals surface area contributed by atoms with Crippen molar-refractivity contribution in [1.29, 1.82) is 0 Å². The molecule has 0 aliphatic heterocycles. The number of carbonyl (C=O) groups excluding carboxylic acids is 1. The monoisotopic (exact) mass is 214 g/mol. The van der Waals surface area contributed by atoms with E-state index in [1.54, 1.807) is 7.11 Å². The Labute approximate surface area is 94.8 Å². The van der Waals surface area contributed by atoms with Crippen LogP contribution in [0.5, 0.6) is 5.75 Å². The van der Waals surface area contributed by atoms with Crippen molar-refractivity contribution in [2.24, 2.45) is 0 Å². The standard InChI is InChI=1S/C14H14O2/c1-16-14-9-8-11-5-2-3-6-12(11)13(14)7-4-10-15/h2-3,5-6,8-10H,4,7H2,1H3. The van der Waals surface area contributed by atoms with Crippen LogP contribution in [-0.4, -0.2) is 13.4 Å². The minimum Gasteiger partial charge on any atom is -0.496 e. The zero-order valence-electron chi connectivity index (χ0n) is 9.27. The van der Waals surface area contributed by atoms with E-state index in [1.807, 2.05) is 24.3 Å². The van der Waals surface area contributed by atoms with Gasteiger partial charge in [0.1, 0.15) is 12.0 Å². The first kappa shape index (κ1) is 10.7. The maximum absolute atomic E-state index is 10.5. The molecule has 0 N–H and O–H groups in total. The first-order valence-corrected chi connectivity index (χ1v) is 5.35. The predicted octanol–water partition coefficient (Wildman–Crippen LogP) is 2.98. The van der Waals surface area contributed by atoms with E-state index in [2.05, 4.69) is 12.1 Å². The Bertz CT molecular complexity index is 503. The number of benzene rings is 2. The topological polar surface area (TPSA) is 26.3 Å². The highest BCUT2D eigenvalue weighted by Gasteiger charge is 2.07. The Kier molecular flexibility index (Phi) is 3.20. The SMILES string of the molecule is COc1ccc2ccccc2c1CCC=O. The van der Waals surface area contributed by atoms with E-state index in [0.717, 1.165) is 24.0 Å². The second-order valence-electron chi connectivity index (χ2n) is 3.67. The molecule has 0 fully saturated rings. The number of methoxy groups -OCH3 is 1. The second-order valence-corrected chi connectivity index (χ2v) is 3.67. The van der Waals surface area contributed by atoms with E-state index in [9.17, 15) is 4.79 Å². The van der Waals surface area contributed by atoms with Crippen LogP contribution < -0.4 is 4.74 Å². The largest absolute Gasteiger partial charge is 0.496 e. The van der Waals surface area contributed by atoms with Crippen molar-refractivity contribution in [3.63, 3.8) is 0 Å². The summed E-state index contributed by atoms with van der Waals surface area (Å²) in [6, 6.07) is 12.2. The van der Waals surface area contributed by atoms with Crippen molar-refractivity contribution in [3.05, 3.63) is 42.0 Å². The van der Waals surface area contributed by atoms with Crippen LogP contribution in [0.3, 0.4) is 0 Å². The Morgan fingerprint density at radius 1 is 1.19 bits per heavy atom. The number of aryl methyl sites for hydroxylation is 1. The predicted molar refractivity (Wildman–Crippen MR) is 64.9 cm³/mol. The normalized spacial score (nSPS) is 10.3. The van der Waals surface area contributed by atoms with E-state index < -0.39 is 0 Å². The number of rotatable bonds is 4. The van der Waals surface area contributed by atoms with E-state index in [-0.39, 0.29) is 0 Å². The zero-order valence-corrected chi connectivity index (χ0v) is 9.27. The van der Waals surface area contributed by atoms with Gasteiger partial charge in [-0.25, -0.2) is 0 Å². The molecule has 2 aromatic carbocycles. The minimum absolute atomic E-state index is 0.532. The lowest BCUT2D eigenvalue weighted by molar-refractivity contribution is -0.107. The van der Waals surface area contributed by atoms with E-state index in [0.29, 0.717) is 6.42 Å². The van der Waals surface area contributed by atoms with Crippen molar-refractivity contribution in [3.8, 4) is 5.75 Å². The highest BCUT2D eigenvalue weighted by atomic mass is 16.5. The van der Waals surface area contributed by atoms with Crippen LogP contribution in [0, 0.1) is 0 Å². The summed E-state index contributed by atoms with van der Waals surface area (Å²) in [5.41, 5.74) is 1.12. The first-order chi connectivity index (χ1) is 7.86. The van der Waals surface area contributed by atoms with Crippen LogP contribution in [0.1, 0.15) is 12.0 Å². The number of hydrogen-bond acceptors (Lipinski definition) is 2. The van der Waals surface area contributed by atoms with Crippen molar-refractivity contribution in [2.75, 3.05) is 7.11 Å². The Morgan fingerprint density at radius 3 is 2.75 bits per heavy atom. The van der Waals surface area contributed by atoms with Crippen molar-refractivity contribution in [2.45, 2.75) is 12.8 Å². The third kappa shape index (κ3) is 1.91. The Hall–Kier alpha value is -1.83. The smallest absolute Gasteiger partial charge is 0.122 e. The molecule has 0 bridgehead atoms. The van der Waals surface area contributed by atoms with Crippen LogP contribution in [0.15, 0.2) is 36.4 Å². The van der Waals surface area contributed by atoms with Gasteiger partial charge in [-0.05, 0) is 23.3 Å². The number of fused-ring (bicyclic) bond motifs is 1. The molecule has 2 rings (SSSR count). The fourth-order valence-electron chi connectivity index (χ4n) is 1.97. The molecule has 0 saturated carbocycles. The van der Waals surface area contributed by atoms with E-state index in [1.165, 1.54) is 10.8 Å². The number of carbonyl (C=O) groups is 1. The summed E-state index contributed by atoms with van der Waals surface area (Å²) in [5.74, 6) is 0.862. The Balaban J connectivity index is 2.58. The molecule has 0 aromatic heterocycles. The average molecular weight is 214 g/mol. The van der Waals surface area contributed by atoms with Gasteiger partial charge < -0.3 is 9.53 Å². The molecule has 16 heavy (non-hydrogen) atoms. The lowest BCUT2D eigenvalue weighted by atomic mass is 10.00. The van der Waals surface area contributed by atoms with Crippen molar-refractivity contribution < 1.29 is 9.53 Å². The summed E-state index contributed by atoms with van der Waals surface area (Å²) in [5, 5.41) is 2.35. The molecule has 2 heteroatoms. The fourth-order valence-corrected chi connectivity index (χ4v) is 1.97. The minimum atomic E-state index is 0.532. The number of aldehydes is 1. The van der Waals surface area contributed by atoms with Gasteiger partial charge in [-0.2, -0.15) is 0 Å². The van der Waals surface area contributed by atoms with Gasteiger partial charge in [0, 0.05) is 12.0 Å². The molecule has 0 aliphatic rings. The summed E-state index contributed by atoms with van der Waals surface area (Å²) in [6.07, 6.45) is 2.21. The third-order valence-corrected chi connectivity index (χ3v) is 2.73. The molecular weight excluding hydrogens is 200 g/mol. The molecule has 0 heterocycles. The molecule has 0 atom stereocenters. The van der Waals surface area contributed by atoms with Crippen LogP contribution in [0.4, 0.5) is 0 Å². The Morgan fingerprint density at radius 2 is 2.00 bits per heavy atom. The first-order valence-electron chi connectivity index (χ1n) is 5.35. The molecular formula is C14H14O2. The van der Waals surface area contributed by atoms with Crippen LogP contribution >= 0.6 is 0 Å². The van der Waals surface area contributed by atoms with Gasteiger partial charge in [0.25, 0.3) is 0 Å². The molecule has 0 radical (unpaired) electrons. The summed E-state index contributed by atoms with van der Waals surface area (Å²) in [6.45, 7) is 0. The van der Waals surface area contributed by atoms with Crippen LogP contribution in [-0.2, 0) is 11.2 Å². The van der Waals surface area contributed by atoms with Gasteiger partial charge in [-0.3, -0.25) is 0 Å². The maximum Gasteiger partial charge on any atom is 0.122 e. The number of hydrogen-bond donors (Lipinski definition) is 0. The van der Waals surface area contributed by atoms with Gasteiger partial charge in [-0.1, -0.05) is 30.3 Å². The molecule has 82 valence electrons. The van der Waals surface area contributed by atoms with Gasteiger partial charge >= 0.3 is 0 Å². The third-order valence-electron chi connectivity index (χ3n) is 2.73. The fraction of sp³-hybridized carbons (Fsp3) is 0.214. The number of ether oxygens (including phenoxy) is 1. The van der Waals surface area contributed by atoms with Crippen LogP contribution in [0.2, 0.25) is 0 Å². The zero-order chi connectivity index (χ0) is 11.4. The van der Waals surface area contributed by atoms with Gasteiger partial charge in [0.05, 0.1) is 7.11 Å². The van der Waals surface area contributed by atoms with Gasteiger partial charge in [0.2, 0.25) is 0 Å². The molecule has 2 aromatic rings. The van der Waals surface area contributed by atoms with Gasteiger partial charge in [0.15, 0.2) is 0 Å². The van der Waals surface area contributed by atoms with E-state index in [4.69, 9.17) is 4.74 Å². The molecule has 2 nitrogen and oxygen atoms in total. The second kappa shape index (κ2) is 4.79. The van der Waals surface area contributed by atoms with Crippen LogP contribution in [0.25, 0.3) is 10.8 Å². The lowest BCUT2D eigenvalue weighted by Crippen LogP contribution is -1.94. The summed E-state index contributed by atoms with van der Waals surface area (Å²) >= 11 is 0. The summed E-state index contributed by atoms with van der Waals surface area (Å²) in [7, 11) is 1.66. The lowest BCUT2D eigenvalue weighted by Gasteiger charge is -2.10. The van der Waals surface area contributed by atoms with E-state index >= 15 is 0 Å².